The van der Waals surface area contributed by atoms with Crippen LogP contribution >= 0.6 is 0 Å². The lowest BCUT2D eigenvalue weighted by Crippen LogP contribution is -2.18. The van der Waals surface area contributed by atoms with E-state index in [-0.39, 0.29) is 11.7 Å². The predicted octanol–water partition coefficient (Wildman–Crippen LogP) is 2.40. The molecule has 0 spiro atoms. The number of amides is 1. The number of hydrogen-bond acceptors (Lipinski definition) is 4. The topological polar surface area (TPSA) is 79.5 Å². The zero-order valence-electron chi connectivity index (χ0n) is 12.8. The number of phenols is 1. The van der Waals surface area contributed by atoms with Crippen LogP contribution in [0.1, 0.15) is 21.5 Å². The Hall–Kier alpha value is -3.41. The third-order valence-corrected chi connectivity index (χ3v) is 3.34. The maximum Gasteiger partial charge on any atom is 0.271 e. The van der Waals surface area contributed by atoms with Crippen LogP contribution in [0.15, 0.2) is 72.1 Å². The molecule has 2 N–H and O–H groups in total. The highest BCUT2D eigenvalue weighted by Gasteiger charge is 2.05. The zero-order chi connectivity index (χ0) is 16.8. The molecule has 0 radical (unpaired) electrons. The molecule has 2 aromatic carbocycles. The van der Waals surface area contributed by atoms with Crippen molar-refractivity contribution in [2.75, 3.05) is 0 Å². The molecule has 0 atom stereocenters. The number of hydrogen-bond donors (Lipinski definition) is 2. The number of hydrazone groups is 1. The van der Waals surface area contributed by atoms with Gasteiger partial charge in [-0.25, -0.2) is 5.43 Å². The lowest BCUT2D eigenvalue weighted by Gasteiger charge is -2.05. The molecule has 120 valence electrons. The van der Waals surface area contributed by atoms with Crippen LogP contribution in [0.2, 0.25) is 0 Å². The number of carbonyl (C=O) groups excluding carboxylic acids is 1. The summed E-state index contributed by atoms with van der Waals surface area (Å²) in [6, 6.07) is 15.8. The van der Waals surface area contributed by atoms with Gasteiger partial charge < -0.3 is 5.11 Å². The van der Waals surface area contributed by atoms with Gasteiger partial charge in [0.05, 0.1) is 12.8 Å². The van der Waals surface area contributed by atoms with E-state index < -0.39 is 0 Å². The Morgan fingerprint density at radius 3 is 2.88 bits per heavy atom. The van der Waals surface area contributed by atoms with Crippen molar-refractivity contribution in [3.05, 3.63) is 83.7 Å². The van der Waals surface area contributed by atoms with E-state index in [0.29, 0.717) is 17.7 Å². The summed E-state index contributed by atoms with van der Waals surface area (Å²) in [6.07, 6.45) is 5.06. The number of nitrogens with one attached hydrogen (secondary N) is 1. The normalized spacial score (nSPS) is 10.8. The van der Waals surface area contributed by atoms with Crippen LogP contribution < -0.4 is 5.43 Å². The molecule has 3 aromatic rings. The highest BCUT2D eigenvalue weighted by molar-refractivity contribution is 5.95. The standard InChI is InChI=1S/C18H16N4O2/c23-17-7-2-4-14(11-17)12-19-21-18(24)16-6-1-5-15(10-16)13-22-9-3-8-20-22/h1-12,23H,13H2,(H,21,24). The van der Waals surface area contributed by atoms with Crippen LogP contribution in [0.4, 0.5) is 0 Å². The largest absolute Gasteiger partial charge is 0.508 e. The predicted molar refractivity (Wildman–Crippen MR) is 90.9 cm³/mol. The minimum Gasteiger partial charge on any atom is -0.508 e. The summed E-state index contributed by atoms with van der Waals surface area (Å²) >= 11 is 0. The first-order valence-corrected chi connectivity index (χ1v) is 7.39. The van der Waals surface area contributed by atoms with Crippen LogP contribution in [0.5, 0.6) is 5.75 Å². The number of nitrogens with zero attached hydrogens (tertiary/aromatic N) is 3. The van der Waals surface area contributed by atoms with Crippen molar-refractivity contribution in [3.8, 4) is 5.75 Å². The first-order valence-electron chi connectivity index (χ1n) is 7.39. The fourth-order valence-electron chi connectivity index (χ4n) is 2.23. The van der Waals surface area contributed by atoms with Crippen molar-refractivity contribution in [1.82, 2.24) is 15.2 Å². The van der Waals surface area contributed by atoms with E-state index in [1.54, 1.807) is 47.3 Å². The quantitative estimate of drug-likeness (QED) is 0.559. The van der Waals surface area contributed by atoms with Crippen molar-refractivity contribution < 1.29 is 9.90 Å². The van der Waals surface area contributed by atoms with Crippen molar-refractivity contribution in [1.29, 1.82) is 0 Å². The SMILES string of the molecule is O=C(NN=Cc1cccc(O)c1)c1cccc(Cn2cccn2)c1. The van der Waals surface area contributed by atoms with Gasteiger partial charge >= 0.3 is 0 Å². The van der Waals surface area contributed by atoms with Crippen LogP contribution in [-0.2, 0) is 6.54 Å². The van der Waals surface area contributed by atoms with E-state index in [2.05, 4.69) is 15.6 Å². The second-order valence-corrected chi connectivity index (χ2v) is 5.20. The van der Waals surface area contributed by atoms with Gasteiger partial charge in [0.2, 0.25) is 0 Å². The van der Waals surface area contributed by atoms with Crippen molar-refractivity contribution in [3.63, 3.8) is 0 Å². The zero-order valence-corrected chi connectivity index (χ0v) is 12.8. The Morgan fingerprint density at radius 2 is 2.08 bits per heavy atom. The Morgan fingerprint density at radius 1 is 1.21 bits per heavy atom. The summed E-state index contributed by atoms with van der Waals surface area (Å²) in [7, 11) is 0. The van der Waals surface area contributed by atoms with Gasteiger partial charge in [-0.3, -0.25) is 9.48 Å². The molecule has 0 aliphatic heterocycles. The van der Waals surface area contributed by atoms with Crippen molar-refractivity contribution in [2.45, 2.75) is 6.54 Å². The number of aromatic hydroxyl groups is 1. The number of carbonyl (C=O) groups is 1. The summed E-state index contributed by atoms with van der Waals surface area (Å²) in [5.41, 5.74) is 4.67. The maximum atomic E-state index is 12.2. The average molecular weight is 320 g/mol. The summed E-state index contributed by atoms with van der Waals surface area (Å²) in [5, 5.41) is 17.4. The minimum absolute atomic E-state index is 0.150. The van der Waals surface area contributed by atoms with Gasteiger partial charge in [0.25, 0.3) is 5.91 Å². The number of benzene rings is 2. The molecule has 0 fully saturated rings. The monoisotopic (exact) mass is 320 g/mol. The minimum atomic E-state index is -0.297. The smallest absolute Gasteiger partial charge is 0.271 e. The maximum absolute atomic E-state index is 12.2. The van der Waals surface area contributed by atoms with E-state index in [1.165, 1.54) is 6.21 Å². The highest BCUT2D eigenvalue weighted by Crippen LogP contribution is 2.09. The molecule has 3 rings (SSSR count). The summed E-state index contributed by atoms with van der Waals surface area (Å²) in [6.45, 7) is 0.598. The van der Waals surface area contributed by atoms with Gasteiger partial charge in [-0.05, 0) is 41.5 Å². The van der Waals surface area contributed by atoms with Gasteiger partial charge in [0.15, 0.2) is 0 Å². The molecule has 1 aromatic heterocycles. The fraction of sp³-hybridized carbons (Fsp3) is 0.0556. The fourth-order valence-corrected chi connectivity index (χ4v) is 2.23. The van der Waals surface area contributed by atoms with Gasteiger partial charge in [-0.1, -0.05) is 24.3 Å². The summed E-state index contributed by atoms with van der Waals surface area (Å²) in [5.74, 6) is -0.148. The molecule has 0 saturated carbocycles. The van der Waals surface area contributed by atoms with Crippen LogP contribution in [-0.4, -0.2) is 27.0 Å². The van der Waals surface area contributed by atoms with Gasteiger partial charge in [0, 0.05) is 18.0 Å². The van der Waals surface area contributed by atoms with Crippen LogP contribution in [0.3, 0.4) is 0 Å². The summed E-state index contributed by atoms with van der Waals surface area (Å²) in [4.78, 5) is 12.2. The van der Waals surface area contributed by atoms with E-state index in [4.69, 9.17) is 0 Å². The van der Waals surface area contributed by atoms with Gasteiger partial charge in [-0.15, -0.1) is 0 Å². The average Bonchev–Trinajstić information content (AvgIpc) is 3.08. The van der Waals surface area contributed by atoms with E-state index in [9.17, 15) is 9.90 Å². The van der Waals surface area contributed by atoms with E-state index in [1.807, 2.05) is 24.4 Å². The van der Waals surface area contributed by atoms with Crippen LogP contribution in [0.25, 0.3) is 0 Å². The molecular formula is C18H16N4O2. The molecule has 0 aliphatic rings. The molecule has 1 amide bonds. The lowest BCUT2D eigenvalue weighted by atomic mass is 10.1. The molecular weight excluding hydrogens is 304 g/mol. The van der Waals surface area contributed by atoms with Gasteiger partial charge in [-0.2, -0.15) is 10.2 Å². The molecule has 0 unspecified atom stereocenters. The van der Waals surface area contributed by atoms with Gasteiger partial charge in [0.1, 0.15) is 5.75 Å². The van der Waals surface area contributed by atoms with E-state index in [0.717, 1.165) is 5.56 Å². The molecule has 0 saturated heterocycles. The molecule has 0 aliphatic carbocycles. The second kappa shape index (κ2) is 7.23. The third-order valence-electron chi connectivity index (χ3n) is 3.34. The molecule has 0 bridgehead atoms. The number of aromatic nitrogens is 2. The third kappa shape index (κ3) is 4.07. The first kappa shape index (κ1) is 15.5. The summed E-state index contributed by atoms with van der Waals surface area (Å²) < 4.78 is 1.79. The van der Waals surface area contributed by atoms with Crippen molar-refractivity contribution in [2.24, 2.45) is 5.10 Å². The molecule has 6 heteroatoms. The number of rotatable bonds is 5. The Labute approximate surface area is 139 Å². The second-order valence-electron chi connectivity index (χ2n) is 5.20. The van der Waals surface area contributed by atoms with Crippen LogP contribution in [0, 0.1) is 0 Å². The van der Waals surface area contributed by atoms with Crippen molar-refractivity contribution >= 4 is 12.1 Å². The Kier molecular flexibility index (Phi) is 4.67. The van der Waals surface area contributed by atoms with E-state index >= 15 is 0 Å². The number of phenolic OH excluding ortho intramolecular Hbond substituents is 1. The lowest BCUT2D eigenvalue weighted by molar-refractivity contribution is 0.0955. The first-order chi connectivity index (χ1) is 11.7. The Balaban J connectivity index is 1.64. The molecule has 1 heterocycles. The Bertz CT molecular complexity index is 857. The highest BCUT2D eigenvalue weighted by atomic mass is 16.3. The molecule has 24 heavy (non-hydrogen) atoms. The molecule has 6 nitrogen and oxygen atoms in total.